The van der Waals surface area contributed by atoms with Crippen molar-refractivity contribution in [2.45, 2.75) is 19.8 Å². The van der Waals surface area contributed by atoms with Gasteiger partial charge in [0.15, 0.2) is 0 Å². The lowest BCUT2D eigenvalue weighted by atomic mass is 10.1. The fraction of sp³-hybridized carbons (Fsp3) is 0.333. The van der Waals surface area contributed by atoms with Crippen molar-refractivity contribution in [3.05, 3.63) is 34.9 Å². The molecule has 10 heavy (non-hydrogen) atoms. The van der Waals surface area contributed by atoms with Gasteiger partial charge in [0, 0.05) is 11.1 Å². The van der Waals surface area contributed by atoms with Gasteiger partial charge in [0.05, 0.1) is 0 Å². The number of benzene rings is 1. The van der Waals surface area contributed by atoms with E-state index in [9.17, 15) is 0 Å². The third kappa shape index (κ3) is 2.03. The summed E-state index contributed by atoms with van der Waals surface area (Å²) in [7, 11) is 0. The van der Waals surface area contributed by atoms with Crippen molar-refractivity contribution in [2.75, 3.05) is 0 Å². The van der Waals surface area contributed by atoms with Gasteiger partial charge in [0.2, 0.25) is 0 Å². The molecule has 1 rings (SSSR count). The van der Waals surface area contributed by atoms with Crippen molar-refractivity contribution >= 4 is 11.6 Å². The Labute approximate surface area is 66.8 Å². The fourth-order valence-corrected chi connectivity index (χ4v) is 1.000. The molecule has 0 N–H and O–H groups in total. The molecule has 0 fully saturated rings. The Bertz CT molecular complexity index is 188. The molecule has 0 aliphatic rings. The molecule has 1 heteroatoms. The lowest BCUT2D eigenvalue weighted by Crippen LogP contribution is -1.80. The molecule has 1 aromatic carbocycles. The van der Waals surface area contributed by atoms with Crippen LogP contribution in [0.15, 0.2) is 18.2 Å². The Morgan fingerprint density at radius 3 is 2.80 bits per heavy atom. The molecule has 0 heterocycles. The van der Waals surface area contributed by atoms with E-state index in [1.807, 2.05) is 18.2 Å². The highest BCUT2D eigenvalue weighted by Crippen LogP contribution is 2.09. The van der Waals surface area contributed by atoms with Gasteiger partial charge in [0.25, 0.3) is 0 Å². The van der Waals surface area contributed by atoms with E-state index in [1.165, 1.54) is 12.0 Å². The normalized spacial score (nSPS) is 9.80. The SMILES string of the molecule is CCCc1c[c]c(Cl)cc1. The van der Waals surface area contributed by atoms with E-state index in [0.29, 0.717) is 5.02 Å². The minimum absolute atomic E-state index is 0.694. The first-order chi connectivity index (χ1) is 4.83. The van der Waals surface area contributed by atoms with Gasteiger partial charge in [-0.05, 0) is 24.1 Å². The molecule has 0 aliphatic heterocycles. The Morgan fingerprint density at radius 2 is 2.30 bits per heavy atom. The van der Waals surface area contributed by atoms with Gasteiger partial charge < -0.3 is 0 Å². The van der Waals surface area contributed by atoms with Gasteiger partial charge >= 0.3 is 0 Å². The smallest absolute Gasteiger partial charge is 0.0485 e. The largest absolute Gasteiger partial charge is 0.0837 e. The summed E-state index contributed by atoms with van der Waals surface area (Å²) in [5.74, 6) is 0. The minimum atomic E-state index is 0.694. The van der Waals surface area contributed by atoms with Crippen LogP contribution in [0, 0.1) is 6.07 Å². The first-order valence-electron chi connectivity index (χ1n) is 3.49. The number of aryl methyl sites for hydroxylation is 1. The van der Waals surface area contributed by atoms with E-state index in [0.717, 1.165) is 6.42 Å². The van der Waals surface area contributed by atoms with Crippen LogP contribution in [0.3, 0.4) is 0 Å². The van der Waals surface area contributed by atoms with Crippen LogP contribution < -0.4 is 0 Å². The molecule has 0 aliphatic carbocycles. The average molecular weight is 154 g/mol. The van der Waals surface area contributed by atoms with Crippen LogP contribution in [0.25, 0.3) is 0 Å². The Hall–Kier alpha value is -0.490. The van der Waals surface area contributed by atoms with Crippen molar-refractivity contribution in [1.82, 2.24) is 0 Å². The van der Waals surface area contributed by atoms with Crippen LogP contribution in [0.5, 0.6) is 0 Å². The number of rotatable bonds is 2. The maximum Gasteiger partial charge on any atom is 0.0485 e. The van der Waals surface area contributed by atoms with E-state index in [-0.39, 0.29) is 0 Å². The van der Waals surface area contributed by atoms with Crippen molar-refractivity contribution in [1.29, 1.82) is 0 Å². The topological polar surface area (TPSA) is 0 Å². The summed E-state index contributed by atoms with van der Waals surface area (Å²) in [6.07, 6.45) is 2.29. The van der Waals surface area contributed by atoms with Crippen LogP contribution in [0.2, 0.25) is 5.02 Å². The van der Waals surface area contributed by atoms with Crippen LogP contribution >= 0.6 is 11.6 Å². The first-order valence-corrected chi connectivity index (χ1v) is 3.87. The summed E-state index contributed by atoms with van der Waals surface area (Å²) in [5, 5.41) is 0.694. The van der Waals surface area contributed by atoms with Gasteiger partial charge in [-0.25, -0.2) is 0 Å². The predicted molar refractivity (Wildman–Crippen MR) is 44.3 cm³/mol. The van der Waals surface area contributed by atoms with Crippen LogP contribution in [-0.4, -0.2) is 0 Å². The zero-order valence-electron chi connectivity index (χ0n) is 6.02. The summed E-state index contributed by atoms with van der Waals surface area (Å²) >= 11 is 5.66. The second kappa shape index (κ2) is 3.62. The van der Waals surface area contributed by atoms with Gasteiger partial charge in [-0.1, -0.05) is 31.0 Å². The highest BCUT2D eigenvalue weighted by Gasteiger charge is 1.89. The molecular weight excluding hydrogens is 144 g/mol. The average Bonchev–Trinajstić information content (AvgIpc) is 1.95. The van der Waals surface area contributed by atoms with Crippen molar-refractivity contribution in [3.63, 3.8) is 0 Å². The lowest BCUT2D eigenvalue weighted by Gasteiger charge is -1.95. The molecule has 0 saturated heterocycles. The van der Waals surface area contributed by atoms with E-state index in [1.54, 1.807) is 0 Å². The molecule has 0 amide bonds. The highest BCUT2D eigenvalue weighted by molar-refractivity contribution is 6.30. The van der Waals surface area contributed by atoms with Crippen molar-refractivity contribution < 1.29 is 0 Å². The molecule has 1 aromatic rings. The molecule has 0 atom stereocenters. The highest BCUT2D eigenvalue weighted by atomic mass is 35.5. The first kappa shape index (κ1) is 7.62. The number of hydrogen-bond acceptors (Lipinski definition) is 0. The standard InChI is InChI=1S/C9H10Cl/c1-2-3-8-4-6-9(10)7-5-8/h4-6H,2-3H2,1H3. The van der Waals surface area contributed by atoms with E-state index >= 15 is 0 Å². The van der Waals surface area contributed by atoms with Crippen LogP contribution in [-0.2, 0) is 6.42 Å². The zero-order valence-corrected chi connectivity index (χ0v) is 6.78. The summed E-state index contributed by atoms with van der Waals surface area (Å²) in [6, 6.07) is 8.83. The van der Waals surface area contributed by atoms with E-state index < -0.39 is 0 Å². The predicted octanol–water partition coefficient (Wildman–Crippen LogP) is 3.09. The lowest BCUT2D eigenvalue weighted by molar-refractivity contribution is 0.922. The molecule has 0 spiro atoms. The van der Waals surface area contributed by atoms with Crippen molar-refractivity contribution in [3.8, 4) is 0 Å². The molecule has 0 aromatic heterocycles. The molecule has 0 nitrogen and oxygen atoms in total. The van der Waals surface area contributed by atoms with Crippen LogP contribution in [0.1, 0.15) is 18.9 Å². The summed E-state index contributed by atoms with van der Waals surface area (Å²) < 4.78 is 0. The second-order valence-electron chi connectivity index (χ2n) is 2.29. The Balaban J connectivity index is 2.69. The number of hydrogen-bond donors (Lipinski definition) is 0. The maximum atomic E-state index is 5.66. The third-order valence-corrected chi connectivity index (χ3v) is 1.61. The molecule has 0 saturated carbocycles. The molecular formula is C9H10Cl. The van der Waals surface area contributed by atoms with Gasteiger partial charge in [-0.2, -0.15) is 0 Å². The van der Waals surface area contributed by atoms with E-state index in [2.05, 4.69) is 13.0 Å². The molecule has 0 bridgehead atoms. The Morgan fingerprint density at radius 1 is 1.50 bits per heavy atom. The maximum absolute atomic E-state index is 5.66. The molecule has 0 unspecified atom stereocenters. The minimum Gasteiger partial charge on any atom is -0.0837 e. The Kier molecular flexibility index (Phi) is 2.76. The monoisotopic (exact) mass is 153 g/mol. The van der Waals surface area contributed by atoms with E-state index in [4.69, 9.17) is 11.6 Å². The van der Waals surface area contributed by atoms with Gasteiger partial charge in [-0.3, -0.25) is 0 Å². The van der Waals surface area contributed by atoms with Crippen molar-refractivity contribution in [2.24, 2.45) is 0 Å². The van der Waals surface area contributed by atoms with Gasteiger partial charge in [-0.15, -0.1) is 0 Å². The van der Waals surface area contributed by atoms with Gasteiger partial charge in [0.1, 0.15) is 0 Å². The fourth-order valence-electron chi connectivity index (χ4n) is 0.882. The molecule has 53 valence electrons. The zero-order chi connectivity index (χ0) is 7.40. The third-order valence-electron chi connectivity index (χ3n) is 1.38. The summed E-state index contributed by atoms with van der Waals surface area (Å²) in [4.78, 5) is 0. The number of halogens is 1. The molecule has 1 radical (unpaired) electrons. The second-order valence-corrected chi connectivity index (χ2v) is 2.70. The summed E-state index contributed by atoms with van der Waals surface area (Å²) in [6.45, 7) is 2.16. The summed E-state index contributed by atoms with van der Waals surface area (Å²) in [5.41, 5.74) is 1.31. The quantitative estimate of drug-likeness (QED) is 0.613. The van der Waals surface area contributed by atoms with Crippen LogP contribution in [0.4, 0.5) is 0 Å².